The third-order valence-corrected chi connectivity index (χ3v) is 4.89. The number of aromatic nitrogens is 1. The summed E-state index contributed by atoms with van der Waals surface area (Å²) in [7, 11) is -3.82. The molecule has 5 nitrogen and oxygen atoms in total. The lowest BCUT2D eigenvalue weighted by atomic mass is 10.2. The summed E-state index contributed by atoms with van der Waals surface area (Å²) in [6.45, 7) is 8.00. The first-order valence-corrected chi connectivity index (χ1v) is 9.59. The fraction of sp³-hybridized carbons (Fsp3) is 0.211. The van der Waals surface area contributed by atoms with Crippen molar-refractivity contribution in [2.75, 3.05) is 0 Å². The molecule has 0 aliphatic heterocycles. The first-order valence-electron chi connectivity index (χ1n) is 8.15. The molecule has 3 rings (SSSR count). The van der Waals surface area contributed by atoms with E-state index in [9.17, 15) is 13.2 Å². The number of carboxylic acid groups (broad SMARTS) is 1. The van der Waals surface area contributed by atoms with Crippen LogP contribution in [-0.2, 0) is 10.0 Å². The summed E-state index contributed by atoms with van der Waals surface area (Å²) in [6, 6.07) is 14.1. The van der Waals surface area contributed by atoms with Crippen LogP contribution in [0.3, 0.4) is 0 Å². The summed E-state index contributed by atoms with van der Waals surface area (Å²) in [5, 5.41) is 9.78. The number of benzene rings is 2. The minimum atomic E-state index is -3.82. The maximum Gasteiger partial charge on any atom is 0.335 e. The van der Waals surface area contributed by atoms with E-state index >= 15 is 0 Å². The van der Waals surface area contributed by atoms with E-state index in [1.54, 1.807) is 18.2 Å². The highest BCUT2D eigenvalue weighted by atomic mass is 32.2. The van der Waals surface area contributed by atoms with Crippen LogP contribution in [0.25, 0.3) is 10.9 Å². The molecule has 0 bridgehead atoms. The summed E-state index contributed by atoms with van der Waals surface area (Å²) < 4.78 is 26.5. The molecule has 6 heteroatoms. The van der Waals surface area contributed by atoms with Crippen LogP contribution < -0.4 is 0 Å². The maximum atomic E-state index is 12.7. The number of carboxylic acids is 1. The molecule has 0 unspecified atom stereocenters. The van der Waals surface area contributed by atoms with Crippen molar-refractivity contribution >= 4 is 26.9 Å². The first-order chi connectivity index (χ1) is 12.0. The molecule has 0 aliphatic rings. The third kappa shape index (κ3) is 4.28. The van der Waals surface area contributed by atoms with E-state index in [0.717, 1.165) is 15.4 Å². The average molecular weight is 361 g/mol. The van der Waals surface area contributed by atoms with Gasteiger partial charge < -0.3 is 5.11 Å². The zero-order valence-corrected chi connectivity index (χ0v) is 15.6. The highest BCUT2D eigenvalue weighted by Crippen LogP contribution is 2.22. The number of para-hydroxylation sites is 1. The second-order valence-electron chi connectivity index (χ2n) is 4.51. The van der Waals surface area contributed by atoms with Crippen molar-refractivity contribution in [2.45, 2.75) is 32.6 Å². The van der Waals surface area contributed by atoms with Crippen LogP contribution in [0.4, 0.5) is 0 Å². The third-order valence-electron chi connectivity index (χ3n) is 3.20. The molecule has 134 valence electrons. The number of rotatable bonds is 3. The summed E-state index contributed by atoms with van der Waals surface area (Å²) in [6.07, 6.45) is 1.47. The van der Waals surface area contributed by atoms with E-state index in [2.05, 4.69) is 0 Å². The summed E-state index contributed by atoms with van der Waals surface area (Å²) >= 11 is 0. The Morgan fingerprint density at radius 3 is 2.20 bits per heavy atom. The number of hydrogen-bond acceptors (Lipinski definition) is 3. The van der Waals surface area contributed by atoms with Gasteiger partial charge in [0.25, 0.3) is 10.0 Å². The molecule has 0 aliphatic carbocycles. The van der Waals surface area contributed by atoms with Gasteiger partial charge >= 0.3 is 5.97 Å². The fourth-order valence-electron chi connectivity index (χ4n) is 2.17. The van der Waals surface area contributed by atoms with Crippen molar-refractivity contribution in [1.29, 1.82) is 0 Å². The van der Waals surface area contributed by atoms with E-state index < -0.39 is 16.0 Å². The van der Waals surface area contributed by atoms with Crippen LogP contribution in [0.5, 0.6) is 0 Å². The van der Waals surface area contributed by atoms with Crippen molar-refractivity contribution < 1.29 is 18.3 Å². The van der Waals surface area contributed by atoms with Gasteiger partial charge in [0.05, 0.1) is 16.0 Å². The zero-order chi connectivity index (χ0) is 19.0. The van der Waals surface area contributed by atoms with Crippen LogP contribution in [0.15, 0.2) is 65.7 Å². The van der Waals surface area contributed by atoms with Crippen molar-refractivity contribution in [2.24, 2.45) is 0 Å². The van der Waals surface area contributed by atoms with Gasteiger partial charge in [0.1, 0.15) is 0 Å². The van der Waals surface area contributed by atoms with Crippen LogP contribution in [0.1, 0.15) is 38.1 Å². The largest absolute Gasteiger partial charge is 0.478 e. The van der Waals surface area contributed by atoms with E-state index in [4.69, 9.17) is 5.11 Å². The van der Waals surface area contributed by atoms with Crippen molar-refractivity contribution in [3.63, 3.8) is 0 Å². The lowest BCUT2D eigenvalue weighted by Crippen LogP contribution is -2.12. The Kier molecular flexibility index (Phi) is 7.39. The molecule has 0 fully saturated rings. The highest BCUT2D eigenvalue weighted by Gasteiger charge is 2.19. The minimum Gasteiger partial charge on any atom is -0.478 e. The maximum absolute atomic E-state index is 12.7. The zero-order valence-electron chi connectivity index (χ0n) is 14.8. The molecule has 3 aromatic rings. The van der Waals surface area contributed by atoms with Gasteiger partial charge in [-0.3, -0.25) is 0 Å². The average Bonchev–Trinajstić information content (AvgIpc) is 3.10. The van der Waals surface area contributed by atoms with Crippen LogP contribution >= 0.6 is 0 Å². The molecule has 25 heavy (non-hydrogen) atoms. The summed E-state index contributed by atoms with van der Waals surface area (Å²) in [4.78, 5) is 10.9. The van der Waals surface area contributed by atoms with Gasteiger partial charge in [0.2, 0.25) is 0 Å². The topological polar surface area (TPSA) is 76.4 Å². The van der Waals surface area contributed by atoms with Crippen molar-refractivity contribution in [3.8, 4) is 0 Å². The van der Waals surface area contributed by atoms with E-state index in [-0.39, 0.29) is 10.5 Å². The second kappa shape index (κ2) is 9.03. The first kappa shape index (κ1) is 20.4. The van der Waals surface area contributed by atoms with Gasteiger partial charge in [0.15, 0.2) is 0 Å². The van der Waals surface area contributed by atoms with Gasteiger partial charge in [-0.2, -0.15) is 0 Å². The van der Waals surface area contributed by atoms with Gasteiger partial charge in [-0.05, 0) is 30.3 Å². The Balaban J connectivity index is 0.000000730. The Labute approximate surface area is 148 Å². The lowest BCUT2D eigenvalue weighted by Gasteiger charge is -2.08. The molecule has 1 aromatic heterocycles. The molecule has 0 saturated heterocycles. The molecule has 0 radical (unpaired) electrons. The van der Waals surface area contributed by atoms with E-state index in [1.165, 1.54) is 24.4 Å². The Hall–Kier alpha value is -2.60. The van der Waals surface area contributed by atoms with Crippen molar-refractivity contribution in [1.82, 2.24) is 3.97 Å². The van der Waals surface area contributed by atoms with E-state index in [1.807, 2.05) is 39.8 Å². The van der Waals surface area contributed by atoms with Gasteiger partial charge in [-0.15, -0.1) is 0 Å². The van der Waals surface area contributed by atoms with Gasteiger partial charge in [0, 0.05) is 11.6 Å². The number of fused-ring (bicyclic) bond motifs is 1. The monoisotopic (exact) mass is 361 g/mol. The predicted molar refractivity (Wildman–Crippen MR) is 101 cm³/mol. The van der Waals surface area contributed by atoms with Gasteiger partial charge in [-0.25, -0.2) is 17.2 Å². The molecule has 0 spiro atoms. The molecule has 0 atom stereocenters. The molecule has 0 amide bonds. The number of hydrogen-bond donors (Lipinski definition) is 1. The van der Waals surface area contributed by atoms with Crippen molar-refractivity contribution in [3.05, 3.63) is 66.4 Å². The molecule has 2 aromatic carbocycles. The molecule has 1 heterocycles. The Morgan fingerprint density at radius 2 is 1.56 bits per heavy atom. The number of aromatic carboxylic acids is 1. The van der Waals surface area contributed by atoms with Gasteiger partial charge in [-0.1, -0.05) is 52.0 Å². The normalized spacial score (nSPS) is 10.2. The minimum absolute atomic E-state index is 0.0521. The SMILES string of the molecule is CC.CC.O=C(O)c1cccc(S(=O)(=O)n2ccc3ccccc32)c1. The molecular formula is C19H23NO4S. The predicted octanol–water partition coefficient (Wildman–Crippen LogP) is 4.63. The van der Waals surface area contributed by atoms with Crippen LogP contribution in [0.2, 0.25) is 0 Å². The molecule has 0 saturated carbocycles. The second-order valence-corrected chi connectivity index (χ2v) is 6.32. The quantitative estimate of drug-likeness (QED) is 0.738. The molecule has 1 N–H and O–H groups in total. The summed E-state index contributed by atoms with van der Waals surface area (Å²) in [5.74, 6) is -1.16. The van der Waals surface area contributed by atoms with Crippen LogP contribution in [-0.4, -0.2) is 23.5 Å². The standard InChI is InChI=1S/C15H11NO4S.2C2H6/c17-15(18)12-5-3-6-13(10-12)21(19,20)16-9-8-11-4-1-2-7-14(11)16;2*1-2/h1-10H,(H,17,18);2*1-2H3. The fourth-order valence-corrected chi connectivity index (χ4v) is 3.57. The van der Waals surface area contributed by atoms with E-state index in [0.29, 0.717) is 5.52 Å². The molecular weight excluding hydrogens is 338 g/mol. The highest BCUT2D eigenvalue weighted by molar-refractivity contribution is 7.90. The Bertz CT molecular complexity index is 943. The van der Waals surface area contributed by atoms with Crippen LogP contribution in [0, 0.1) is 0 Å². The number of nitrogens with zero attached hydrogens (tertiary/aromatic N) is 1. The summed E-state index contributed by atoms with van der Waals surface area (Å²) in [5.41, 5.74) is 0.491. The lowest BCUT2D eigenvalue weighted by molar-refractivity contribution is 0.0696. The smallest absolute Gasteiger partial charge is 0.335 e. The number of carbonyl (C=O) groups is 1. The Morgan fingerprint density at radius 1 is 0.920 bits per heavy atom.